The second-order valence-corrected chi connectivity index (χ2v) is 6.01. The maximum absolute atomic E-state index is 12.2. The van der Waals surface area contributed by atoms with Crippen molar-refractivity contribution >= 4 is 11.6 Å². The lowest BCUT2D eigenvalue weighted by molar-refractivity contribution is -0.117. The summed E-state index contributed by atoms with van der Waals surface area (Å²) < 4.78 is 1.60. The van der Waals surface area contributed by atoms with E-state index in [1.54, 1.807) is 11.0 Å². The molecule has 0 bridgehead atoms. The molecule has 1 fully saturated rings. The highest BCUT2D eigenvalue weighted by atomic mass is 16.1. The summed E-state index contributed by atoms with van der Waals surface area (Å²) in [5.74, 6) is 0.636. The Morgan fingerprint density at radius 3 is 2.86 bits per heavy atom. The Bertz CT molecular complexity index is 632. The van der Waals surface area contributed by atoms with Gasteiger partial charge in [0.05, 0.1) is 5.69 Å². The molecule has 116 valence electrons. The van der Waals surface area contributed by atoms with Crippen LogP contribution in [0, 0.1) is 12.8 Å². The van der Waals surface area contributed by atoms with Gasteiger partial charge in [-0.1, -0.05) is 25.3 Å². The molecule has 22 heavy (non-hydrogen) atoms. The third kappa shape index (κ3) is 3.50. The molecule has 3 rings (SSSR count). The van der Waals surface area contributed by atoms with Crippen LogP contribution in [0.3, 0.4) is 0 Å². The fourth-order valence-electron chi connectivity index (χ4n) is 3.07. The number of hydrogen-bond donors (Lipinski definition) is 1. The van der Waals surface area contributed by atoms with Gasteiger partial charge < -0.3 is 5.32 Å². The normalized spacial score (nSPS) is 15.7. The lowest BCUT2D eigenvalue weighted by Crippen LogP contribution is -2.18. The zero-order chi connectivity index (χ0) is 15.4. The van der Waals surface area contributed by atoms with Crippen molar-refractivity contribution in [2.75, 3.05) is 5.32 Å². The van der Waals surface area contributed by atoms with E-state index in [2.05, 4.69) is 20.8 Å². The van der Waals surface area contributed by atoms with E-state index in [9.17, 15) is 4.79 Å². The molecule has 1 saturated carbocycles. The van der Waals surface area contributed by atoms with Crippen molar-refractivity contribution in [3.05, 3.63) is 30.1 Å². The van der Waals surface area contributed by atoms with E-state index in [4.69, 9.17) is 0 Å². The molecule has 0 aliphatic heterocycles. The highest BCUT2D eigenvalue weighted by Gasteiger charge is 2.17. The number of nitrogens with zero attached hydrogens (tertiary/aromatic N) is 4. The van der Waals surface area contributed by atoms with Gasteiger partial charge in [0.2, 0.25) is 5.91 Å². The second-order valence-electron chi connectivity index (χ2n) is 6.01. The molecule has 1 amide bonds. The van der Waals surface area contributed by atoms with Crippen LogP contribution in [0.2, 0.25) is 0 Å². The zero-order valence-corrected chi connectivity index (χ0v) is 12.8. The Morgan fingerprint density at radius 2 is 2.14 bits per heavy atom. The number of rotatable bonds is 4. The van der Waals surface area contributed by atoms with Gasteiger partial charge >= 0.3 is 0 Å². The molecule has 1 N–H and O–H groups in total. The highest BCUT2D eigenvalue weighted by molar-refractivity contribution is 5.91. The number of benzene rings is 1. The van der Waals surface area contributed by atoms with Gasteiger partial charge in [0.1, 0.15) is 6.33 Å². The molecule has 0 atom stereocenters. The number of anilines is 1. The fraction of sp³-hybridized carbons (Fsp3) is 0.500. The summed E-state index contributed by atoms with van der Waals surface area (Å²) in [7, 11) is 0. The number of carbonyl (C=O) groups excluding carboxylic acids is 1. The van der Waals surface area contributed by atoms with Crippen LogP contribution in [0.25, 0.3) is 5.69 Å². The molecule has 6 nitrogen and oxygen atoms in total. The third-order valence-corrected chi connectivity index (χ3v) is 4.29. The smallest absolute Gasteiger partial charge is 0.224 e. The van der Waals surface area contributed by atoms with Gasteiger partial charge in [-0.15, -0.1) is 5.10 Å². The van der Waals surface area contributed by atoms with Gasteiger partial charge in [0, 0.05) is 12.1 Å². The van der Waals surface area contributed by atoms with Gasteiger partial charge in [-0.05, 0) is 53.8 Å². The first-order valence-corrected chi connectivity index (χ1v) is 7.86. The summed E-state index contributed by atoms with van der Waals surface area (Å²) in [6.07, 6.45) is 8.35. The molecule has 1 aromatic heterocycles. The number of amides is 1. The summed E-state index contributed by atoms with van der Waals surface area (Å²) in [4.78, 5) is 12.2. The largest absolute Gasteiger partial charge is 0.326 e. The number of aryl methyl sites for hydroxylation is 1. The van der Waals surface area contributed by atoms with Crippen molar-refractivity contribution in [1.82, 2.24) is 20.2 Å². The Hall–Kier alpha value is -2.24. The van der Waals surface area contributed by atoms with E-state index in [0.29, 0.717) is 12.3 Å². The lowest BCUT2D eigenvalue weighted by atomic mass is 9.87. The first-order valence-electron chi connectivity index (χ1n) is 7.86. The van der Waals surface area contributed by atoms with Crippen molar-refractivity contribution in [2.24, 2.45) is 5.92 Å². The highest BCUT2D eigenvalue weighted by Crippen LogP contribution is 2.27. The van der Waals surface area contributed by atoms with Gasteiger partial charge in [0.15, 0.2) is 0 Å². The average molecular weight is 299 g/mol. The second kappa shape index (κ2) is 6.68. The number of aromatic nitrogens is 4. The zero-order valence-electron chi connectivity index (χ0n) is 12.8. The van der Waals surface area contributed by atoms with Crippen LogP contribution in [-0.2, 0) is 4.79 Å². The molecule has 6 heteroatoms. The number of hydrogen-bond acceptors (Lipinski definition) is 4. The number of carbonyl (C=O) groups is 1. The van der Waals surface area contributed by atoms with Crippen LogP contribution in [0.4, 0.5) is 5.69 Å². The molecule has 0 spiro atoms. The quantitative estimate of drug-likeness (QED) is 0.942. The van der Waals surface area contributed by atoms with Crippen molar-refractivity contribution in [3.63, 3.8) is 0 Å². The molecule has 2 aromatic rings. The Labute approximate surface area is 129 Å². The topological polar surface area (TPSA) is 72.7 Å². The minimum Gasteiger partial charge on any atom is -0.326 e. The maximum atomic E-state index is 12.2. The first kappa shape index (κ1) is 14.7. The molecule has 1 aliphatic carbocycles. The van der Waals surface area contributed by atoms with E-state index in [1.165, 1.54) is 32.1 Å². The average Bonchev–Trinajstić information content (AvgIpc) is 3.04. The summed E-state index contributed by atoms with van der Waals surface area (Å²) in [5.41, 5.74) is 2.72. The molecule has 1 heterocycles. The molecular weight excluding hydrogens is 278 g/mol. The van der Waals surface area contributed by atoms with Crippen LogP contribution in [0.5, 0.6) is 0 Å². The lowest BCUT2D eigenvalue weighted by Gasteiger charge is -2.21. The Kier molecular flexibility index (Phi) is 4.46. The number of nitrogens with one attached hydrogen (secondary N) is 1. The molecule has 1 aromatic carbocycles. The fourth-order valence-corrected chi connectivity index (χ4v) is 3.07. The van der Waals surface area contributed by atoms with E-state index in [-0.39, 0.29) is 5.91 Å². The first-order chi connectivity index (χ1) is 10.7. The summed E-state index contributed by atoms with van der Waals surface area (Å²) in [6, 6.07) is 5.79. The maximum Gasteiger partial charge on any atom is 0.224 e. The minimum atomic E-state index is 0.0958. The van der Waals surface area contributed by atoms with Crippen LogP contribution in [0.15, 0.2) is 24.5 Å². The van der Waals surface area contributed by atoms with Crippen LogP contribution in [-0.4, -0.2) is 26.1 Å². The minimum absolute atomic E-state index is 0.0958. The SMILES string of the molecule is Cc1ccc(NC(=O)CC2CCCCC2)cc1-n1cnnn1. The number of tetrazole rings is 1. The molecule has 0 radical (unpaired) electrons. The Morgan fingerprint density at radius 1 is 1.32 bits per heavy atom. The summed E-state index contributed by atoms with van der Waals surface area (Å²) in [5, 5.41) is 14.2. The third-order valence-electron chi connectivity index (χ3n) is 4.29. The van der Waals surface area contributed by atoms with Crippen molar-refractivity contribution < 1.29 is 4.79 Å². The van der Waals surface area contributed by atoms with E-state index >= 15 is 0 Å². The molecule has 0 saturated heterocycles. The van der Waals surface area contributed by atoms with E-state index in [1.807, 2.05) is 25.1 Å². The van der Waals surface area contributed by atoms with Crippen molar-refractivity contribution in [2.45, 2.75) is 45.4 Å². The van der Waals surface area contributed by atoms with E-state index in [0.717, 1.165) is 16.9 Å². The molecular formula is C16H21N5O. The predicted octanol–water partition coefficient (Wildman–Crippen LogP) is 2.88. The summed E-state index contributed by atoms with van der Waals surface area (Å²) >= 11 is 0. The van der Waals surface area contributed by atoms with Gasteiger partial charge in [-0.2, -0.15) is 0 Å². The van der Waals surface area contributed by atoms with Crippen LogP contribution in [0.1, 0.15) is 44.1 Å². The monoisotopic (exact) mass is 299 g/mol. The summed E-state index contributed by atoms with van der Waals surface area (Å²) in [6.45, 7) is 1.99. The van der Waals surface area contributed by atoms with Crippen molar-refractivity contribution in [1.29, 1.82) is 0 Å². The predicted molar refractivity (Wildman–Crippen MR) is 83.7 cm³/mol. The Balaban J connectivity index is 1.67. The van der Waals surface area contributed by atoms with Gasteiger partial charge in [-0.3, -0.25) is 4.79 Å². The molecule has 0 unspecified atom stereocenters. The van der Waals surface area contributed by atoms with Gasteiger partial charge in [0.25, 0.3) is 0 Å². The standard InChI is InChI=1S/C16H21N5O/c1-12-7-8-14(10-15(12)21-11-17-19-20-21)18-16(22)9-13-5-3-2-4-6-13/h7-8,10-11,13H,2-6,9H2,1H3,(H,18,22). The van der Waals surface area contributed by atoms with E-state index < -0.39 is 0 Å². The van der Waals surface area contributed by atoms with Gasteiger partial charge in [-0.25, -0.2) is 4.68 Å². The van der Waals surface area contributed by atoms with Crippen LogP contribution < -0.4 is 5.32 Å². The molecule has 1 aliphatic rings. The van der Waals surface area contributed by atoms with Crippen molar-refractivity contribution in [3.8, 4) is 5.69 Å². The van der Waals surface area contributed by atoms with Crippen LogP contribution >= 0.6 is 0 Å².